The van der Waals surface area contributed by atoms with E-state index in [4.69, 9.17) is 10.5 Å². The van der Waals surface area contributed by atoms with Crippen molar-refractivity contribution >= 4 is 17.4 Å². The van der Waals surface area contributed by atoms with Gasteiger partial charge in [-0.15, -0.1) is 11.8 Å². The first kappa shape index (κ1) is 12.1. The maximum Gasteiger partial charge on any atom is 0.159 e. The Hall–Kier alpha value is -1.98. The van der Waals surface area contributed by atoms with Crippen molar-refractivity contribution in [3.63, 3.8) is 0 Å². The third kappa shape index (κ3) is 3.01. The Labute approximate surface area is 97.2 Å². The molecule has 5 heteroatoms. The first-order valence-electron chi connectivity index (χ1n) is 4.32. The molecule has 1 N–H and O–H groups in total. The second-order valence-electron chi connectivity index (χ2n) is 2.76. The highest BCUT2D eigenvalue weighted by molar-refractivity contribution is 8.02. The number of hydrogen-bond acceptors (Lipinski definition) is 4. The number of halogens is 1. The third-order valence-electron chi connectivity index (χ3n) is 1.76. The standard InChI is InChI=1S/C11H8FN3S/c1-16-11(8(6-13)7-14)15-10-4-2-9(12)3-5-10/h2-5,15H,1H3. The van der Waals surface area contributed by atoms with Crippen LogP contribution in [-0.2, 0) is 0 Å². The molecule has 0 heterocycles. The smallest absolute Gasteiger partial charge is 0.159 e. The molecule has 0 atom stereocenters. The van der Waals surface area contributed by atoms with E-state index in [1.807, 2.05) is 0 Å². The van der Waals surface area contributed by atoms with Gasteiger partial charge in [-0.05, 0) is 30.5 Å². The Balaban J connectivity index is 2.96. The summed E-state index contributed by atoms with van der Waals surface area (Å²) in [4.78, 5) is 0. The van der Waals surface area contributed by atoms with Gasteiger partial charge in [-0.2, -0.15) is 10.5 Å². The fourth-order valence-corrected chi connectivity index (χ4v) is 1.52. The minimum atomic E-state index is -0.332. The Morgan fingerprint density at radius 1 is 1.25 bits per heavy atom. The zero-order valence-electron chi connectivity index (χ0n) is 8.49. The lowest BCUT2D eigenvalue weighted by Crippen LogP contribution is -1.98. The highest BCUT2D eigenvalue weighted by Crippen LogP contribution is 2.20. The summed E-state index contributed by atoms with van der Waals surface area (Å²) in [7, 11) is 0. The van der Waals surface area contributed by atoms with Crippen LogP contribution in [-0.4, -0.2) is 6.26 Å². The van der Waals surface area contributed by atoms with Gasteiger partial charge >= 0.3 is 0 Å². The van der Waals surface area contributed by atoms with Crippen LogP contribution in [0.2, 0.25) is 0 Å². The van der Waals surface area contributed by atoms with Crippen molar-refractivity contribution in [3.8, 4) is 12.1 Å². The quantitative estimate of drug-likeness (QED) is 0.815. The highest BCUT2D eigenvalue weighted by atomic mass is 32.2. The van der Waals surface area contributed by atoms with E-state index in [2.05, 4.69) is 5.32 Å². The average Bonchev–Trinajstić information content (AvgIpc) is 2.32. The molecule has 16 heavy (non-hydrogen) atoms. The number of thioether (sulfide) groups is 1. The summed E-state index contributed by atoms with van der Waals surface area (Å²) in [5.41, 5.74) is 0.644. The van der Waals surface area contributed by atoms with E-state index in [1.54, 1.807) is 18.4 Å². The number of nitriles is 2. The van der Waals surface area contributed by atoms with E-state index in [9.17, 15) is 4.39 Å². The van der Waals surface area contributed by atoms with Crippen molar-refractivity contribution in [1.29, 1.82) is 10.5 Å². The van der Waals surface area contributed by atoms with Gasteiger partial charge in [0.1, 0.15) is 23.0 Å². The molecule has 0 spiro atoms. The Morgan fingerprint density at radius 2 is 1.81 bits per heavy atom. The van der Waals surface area contributed by atoms with Crippen LogP contribution in [0.4, 0.5) is 10.1 Å². The van der Waals surface area contributed by atoms with Crippen LogP contribution in [0.5, 0.6) is 0 Å². The van der Waals surface area contributed by atoms with Crippen molar-refractivity contribution in [2.45, 2.75) is 0 Å². The second kappa shape index (κ2) is 5.79. The first-order chi connectivity index (χ1) is 7.71. The Bertz CT molecular complexity index is 463. The topological polar surface area (TPSA) is 59.6 Å². The summed E-state index contributed by atoms with van der Waals surface area (Å²) >= 11 is 1.26. The fourth-order valence-electron chi connectivity index (χ4n) is 1.01. The van der Waals surface area contributed by atoms with Gasteiger partial charge in [0.2, 0.25) is 0 Å². The molecule has 1 rings (SSSR count). The lowest BCUT2D eigenvalue weighted by molar-refractivity contribution is 0.628. The van der Waals surface area contributed by atoms with E-state index >= 15 is 0 Å². The number of rotatable bonds is 3. The zero-order chi connectivity index (χ0) is 12.0. The SMILES string of the molecule is CSC(Nc1ccc(F)cc1)=C(C#N)C#N. The summed E-state index contributed by atoms with van der Waals surface area (Å²) in [6.07, 6.45) is 1.75. The number of nitrogens with zero attached hydrogens (tertiary/aromatic N) is 2. The minimum absolute atomic E-state index is 0.0109. The number of benzene rings is 1. The second-order valence-corrected chi connectivity index (χ2v) is 3.58. The first-order valence-corrected chi connectivity index (χ1v) is 5.54. The molecule has 0 aliphatic heterocycles. The Kier molecular flexibility index (Phi) is 4.38. The van der Waals surface area contributed by atoms with E-state index in [0.717, 1.165) is 0 Å². The molecule has 1 aromatic rings. The van der Waals surface area contributed by atoms with Gasteiger partial charge in [-0.1, -0.05) is 0 Å². The normalized spacial score (nSPS) is 8.75. The summed E-state index contributed by atoms with van der Waals surface area (Å²) in [6.45, 7) is 0. The van der Waals surface area contributed by atoms with Crippen LogP contribution in [0.25, 0.3) is 0 Å². The zero-order valence-corrected chi connectivity index (χ0v) is 9.31. The van der Waals surface area contributed by atoms with E-state index < -0.39 is 0 Å². The van der Waals surface area contributed by atoms with Crippen molar-refractivity contribution in [2.75, 3.05) is 11.6 Å². The third-order valence-corrected chi connectivity index (χ3v) is 2.47. The molecular formula is C11H8FN3S. The molecule has 0 bridgehead atoms. The van der Waals surface area contributed by atoms with E-state index in [0.29, 0.717) is 10.7 Å². The molecule has 3 nitrogen and oxygen atoms in total. The highest BCUT2D eigenvalue weighted by Gasteiger charge is 2.05. The van der Waals surface area contributed by atoms with Crippen molar-refractivity contribution in [2.24, 2.45) is 0 Å². The van der Waals surface area contributed by atoms with Gasteiger partial charge in [0, 0.05) is 5.69 Å². The fraction of sp³-hybridized carbons (Fsp3) is 0.0909. The lowest BCUT2D eigenvalue weighted by atomic mass is 10.3. The van der Waals surface area contributed by atoms with Crippen LogP contribution in [0.3, 0.4) is 0 Å². The van der Waals surface area contributed by atoms with Gasteiger partial charge in [0.05, 0.1) is 0 Å². The lowest BCUT2D eigenvalue weighted by Gasteiger charge is -2.07. The molecule has 0 aliphatic rings. The van der Waals surface area contributed by atoms with Crippen LogP contribution in [0.1, 0.15) is 0 Å². The molecule has 0 unspecified atom stereocenters. The van der Waals surface area contributed by atoms with Crippen LogP contribution < -0.4 is 5.32 Å². The predicted molar refractivity (Wildman–Crippen MR) is 61.8 cm³/mol. The van der Waals surface area contributed by atoms with Gasteiger partial charge in [-0.25, -0.2) is 4.39 Å². The molecule has 0 saturated carbocycles. The number of anilines is 1. The van der Waals surface area contributed by atoms with E-state index in [1.165, 1.54) is 36.0 Å². The largest absolute Gasteiger partial charge is 0.349 e. The average molecular weight is 233 g/mol. The van der Waals surface area contributed by atoms with Crippen molar-refractivity contribution in [3.05, 3.63) is 40.7 Å². The number of allylic oxidation sites excluding steroid dienone is 1. The maximum absolute atomic E-state index is 12.6. The number of hydrogen-bond donors (Lipinski definition) is 1. The maximum atomic E-state index is 12.6. The summed E-state index contributed by atoms with van der Waals surface area (Å²) in [6, 6.07) is 9.28. The molecule has 0 aliphatic carbocycles. The molecule has 0 fully saturated rings. The van der Waals surface area contributed by atoms with Crippen LogP contribution >= 0.6 is 11.8 Å². The number of nitrogens with one attached hydrogen (secondary N) is 1. The van der Waals surface area contributed by atoms with E-state index in [-0.39, 0.29) is 11.4 Å². The van der Waals surface area contributed by atoms with Crippen LogP contribution in [0.15, 0.2) is 34.9 Å². The molecule has 0 aromatic heterocycles. The summed E-state index contributed by atoms with van der Waals surface area (Å²) < 4.78 is 12.6. The molecule has 0 amide bonds. The molecular weight excluding hydrogens is 225 g/mol. The molecule has 0 radical (unpaired) electrons. The summed E-state index contributed by atoms with van der Waals surface area (Å²) in [5, 5.41) is 20.8. The monoisotopic (exact) mass is 233 g/mol. The predicted octanol–water partition coefficient (Wildman–Crippen LogP) is 2.86. The Morgan fingerprint density at radius 3 is 2.25 bits per heavy atom. The minimum Gasteiger partial charge on any atom is -0.349 e. The van der Waals surface area contributed by atoms with Gasteiger partial charge < -0.3 is 5.32 Å². The van der Waals surface area contributed by atoms with Gasteiger partial charge in [0.25, 0.3) is 0 Å². The molecule has 0 saturated heterocycles. The molecule has 80 valence electrons. The van der Waals surface area contributed by atoms with Crippen LogP contribution in [0, 0.1) is 28.5 Å². The molecule has 1 aromatic carbocycles. The van der Waals surface area contributed by atoms with Gasteiger partial charge in [0.15, 0.2) is 5.57 Å². The van der Waals surface area contributed by atoms with Crippen molar-refractivity contribution < 1.29 is 4.39 Å². The summed E-state index contributed by atoms with van der Waals surface area (Å²) in [5.74, 6) is -0.332. The van der Waals surface area contributed by atoms with Crippen molar-refractivity contribution in [1.82, 2.24) is 0 Å². The van der Waals surface area contributed by atoms with Gasteiger partial charge in [-0.3, -0.25) is 0 Å².